The standard InChI is InChI=1S/C16H13FN2O/c1-10-15(17)11-6-3-4-7-12(11)19-16(10)13-8-5-9-14(18-13)20-2/h3-9H,1-2H3. The number of ether oxygens (including phenoxy) is 1. The third-order valence-electron chi connectivity index (χ3n) is 3.23. The second kappa shape index (κ2) is 4.89. The Morgan fingerprint density at radius 3 is 2.60 bits per heavy atom. The van der Waals surface area contributed by atoms with Crippen LogP contribution in [0.1, 0.15) is 5.56 Å². The highest BCUT2D eigenvalue weighted by atomic mass is 19.1. The number of fused-ring (bicyclic) bond motifs is 1. The van der Waals surface area contributed by atoms with Crippen LogP contribution in [0.15, 0.2) is 42.5 Å². The first-order chi connectivity index (χ1) is 9.70. The molecule has 0 saturated carbocycles. The average molecular weight is 268 g/mol. The quantitative estimate of drug-likeness (QED) is 0.710. The predicted molar refractivity (Wildman–Crippen MR) is 76.2 cm³/mol. The van der Waals surface area contributed by atoms with Gasteiger partial charge in [-0.15, -0.1) is 0 Å². The van der Waals surface area contributed by atoms with E-state index in [-0.39, 0.29) is 5.82 Å². The van der Waals surface area contributed by atoms with Gasteiger partial charge in [0.15, 0.2) is 0 Å². The van der Waals surface area contributed by atoms with Gasteiger partial charge in [0, 0.05) is 17.0 Å². The monoisotopic (exact) mass is 268 g/mol. The highest BCUT2D eigenvalue weighted by Crippen LogP contribution is 2.28. The van der Waals surface area contributed by atoms with Crippen molar-refractivity contribution < 1.29 is 9.13 Å². The number of methoxy groups -OCH3 is 1. The maximum atomic E-state index is 14.4. The van der Waals surface area contributed by atoms with Gasteiger partial charge < -0.3 is 4.74 Å². The van der Waals surface area contributed by atoms with Gasteiger partial charge >= 0.3 is 0 Å². The van der Waals surface area contributed by atoms with Gasteiger partial charge in [-0.1, -0.05) is 18.2 Å². The molecule has 20 heavy (non-hydrogen) atoms. The zero-order valence-corrected chi connectivity index (χ0v) is 11.2. The fourth-order valence-corrected chi connectivity index (χ4v) is 2.18. The molecular weight excluding hydrogens is 255 g/mol. The Balaban J connectivity index is 2.28. The number of nitrogens with zero attached hydrogens (tertiary/aromatic N) is 2. The van der Waals surface area contributed by atoms with Crippen molar-refractivity contribution in [1.82, 2.24) is 9.97 Å². The molecule has 0 aliphatic carbocycles. The molecule has 0 amide bonds. The van der Waals surface area contributed by atoms with E-state index >= 15 is 0 Å². The number of halogens is 1. The number of benzene rings is 1. The molecule has 0 bridgehead atoms. The lowest BCUT2D eigenvalue weighted by molar-refractivity contribution is 0.398. The number of pyridine rings is 2. The number of hydrogen-bond acceptors (Lipinski definition) is 3. The lowest BCUT2D eigenvalue weighted by atomic mass is 10.1. The van der Waals surface area contributed by atoms with Crippen LogP contribution in [0.25, 0.3) is 22.3 Å². The lowest BCUT2D eigenvalue weighted by Gasteiger charge is -2.09. The fourth-order valence-electron chi connectivity index (χ4n) is 2.18. The molecule has 3 aromatic rings. The fraction of sp³-hybridized carbons (Fsp3) is 0.125. The lowest BCUT2D eigenvalue weighted by Crippen LogP contribution is -1.98. The molecule has 0 aliphatic rings. The summed E-state index contributed by atoms with van der Waals surface area (Å²) in [6.07, 6.45) is 0. The first kappa shape index (κ1) is 12.5. The maximum Gasteiger partial charge on any atom is 0.213 e. The van der Waals surface area contributed by atoms with E-state index in [1.165, 1.54) is 0 Å². The second-order valence-corrected chi connectivity index (χ2v) is 4.48. The van der Waals surface area contributed by atoms with Gasteiger partial charge in [-0.2, -0.15) is 0 Å². The van der Waals surface area contributed by atoms with E-state index < -0.39 is 0 Å². The first-order valence-corrected chi connectivity index (χ1v) is 6.27. The van der Waals surface area contributed by atoms with Crippen LogP contribution in [0.4, 0.5) is 4.39 Å². The molecule has 4 heteroatoms. The molecule has 0 N–H and O–H groups in total. The van der Waals surface area contributed by atoms with Crippen LogP contribution in [0.2, 0.25) is 0 Å². The van der Waals surface area contributed by atoms with Crippen molar-refractivity contribution >= 4 is 10.9 Å². The van der Waals surface area contributed by atoms with E-state index in [0.717, 1.165) is 0 Å². The van der Waals surface area contributed by atoms with Crippen LogP contribution in [-0.2, 0) is 0 Å². The molecule has 0 atom stereocenters. The zero-order valence-electron chi connectivity index (χ0n) is 11.2. The summed E-state index contributed by atoms with van der Waals surface area (Å²) in [5, 5.41) is 0.525. The van der Waals surface area contributed by atoms with Crippen LogP contribution in [0.5, 0.6) is 5.88 Å². The Morgan fingerprint density at radius 2 is 1.80 bits per heavy atom. The normalized spacial score (nSPS) is 10.8. The number of aromatic nitrogens is 2. The summed E-state index contributed by atoms with van der Waals surface area (Å²) in [7, 11) is 1.55. The molecule has 0 spiro atoms. The number of hydrogen-bond donors (Lipinski definition) is 0. The summed E-state index contributed by atoms with van der Waals surface area (Å²) in [6.45, 7) is 1.71. The summed E-state index contributed by atoms with van der Waals surface area (Å²) in [5.41, 5.74) is 2.26. The van der Waals surface area contributed by atoms with Crippen molar-refractivity contribution in [3.8, 4) is 17.3 Å². The summed E-state index contributed by atoms with van der Waals surface area (Å²) in [5.74, 6) is 0.229. The third kappa shape index (κ3) is 1.99. The maximum absolute atomic E-state index is 14.4. The van der Waals surface area contributed by atoms with E-state index in [1.807, 2.05) is 12.1 Å². The first-order valence-electron chi connectivity index (χ1n) is 6.27. The predicted octanol–water partition coefficient (Wildman–Crippen LogP) is 3.75. The molecule has 2 aromatic heterocycles. The van der Waals surface area contributed by atoms with Crippen molar-refractivity contribution in [3.05, 3.63) is 53.8 Å². The van der Waals surface area contributed by atoms with Crippen molar-refractivity contribution in [1.29, 1.82) is 0 Å². The van der Waals surface area contributed by atoms with E-state index in [2.05, 4.69) is 9.97 Å². The number of para-hydroxylation sites is 1. The third-order valence-corrected chi connectivity index (χ3v) is 3.23. The summed E-state index contributed by atoms with van der Waals surface area (Å²) in [4.78, 5) is 8.84. The van der Waals surface area contributed by atoms with Crippen LogP contribution in [0, 0.1) is 12.7 Å². The van der Waals surface area contributed by atoms with Gasteiger partial charge in [0.2, 0.25) is 5.88 Å². The van der Waals surface area contributed by atoms with Gasteiger partial charge in [-0.05, 0) is 25.1 Å². The molecule has 2 heterocycles. The molecule has 0 aliphatic heterocycles. The smallest absolute Gasteiger partial charge is 0.213 e. The van der Waals surface area contributed by atoms with E-state index in [0.29, 0.717) is 33.7 Å². The van der Waals surface area contributed by atoms with Gasteiger partial charge in [-0.3, -0.25) is 0 Å². The van der Waals surface area contributed by atoms with E-state index in [9.17, 15) is 4.39 Å². The topological polar surface area (TPSA) is 35.0 Å². The Hall–Kier alpha value is -2.49. The minimum absolute atomic E-state index is 0.254. The molecular formula is C16H13FN2O. The molecule has 0 fully saturated rings. The van der Waals surface area contributed by atoms with Crippen molar-refractivity contribution in [3.63, 3.8) is 0 Å². The average Bonchev–Trinajstić information content (AvgIpc) is 2.51. The van der Waals surface area contributed by atoms with Crippen molar-refractivity contribution in [2.75, 3.05) is 7.11 Å². The Kier molecular flexibility index (Phi) is 3.06. The summed E-state index contributed by atoms with van der Waals surface area (Å²) in [6, 6.07) is 12.5. The highest BCUT2D eigenvalue weighted by Gasteiger charge is 2.14. The molecule has 0 saturated heterocycles. The largest absolute Gasteiger partial charge is 0.481 e. The van der Waals surface area contributed by atoms with Crippen LogP contribution < -0.4 is 4.74 Å². The Morgan fingerprint density at radius 1 is 1.00 bits per heavy atom. The molecule has 0 radical (unpaired) electrons. The number of rotatable bonds is 2. The van der Waals surface area contributed by atoms with Crippen LogP contribution in [-0.4, -0.2) is 17.1 Å². The van der Waals surface area contributed by atoms with Gasteiger partial charge in [0.25, 0.3) is 0 Å². The van der Waals surface area contributed by atoms with Crippen molar-refractivity contribution in [2.45, 2.75) is 6.92 Å². The minimum Gasteiger partial charge on any atom is -0.481 e. The van der Waals surface area contributed by atoms with Crippen molar-refractivity contribution in [2.24, 2.45) is 0 Å². The van der Waals surface area contributed by atoms with Crippen LogP contribution >= 0.6 is 0 Å². The summed E-state index contributed by atoms with van der Waals surface area (Å²) < 4.78 is 19.5. The molecule has 100 valence electrons. The SMILES string of the molecule is COc1cccc(-c2nc3ccccc3c(F)c2C)n1. The van der Waals surface area contributed by atoms with Crippen LogP contribution in [0.3, 0.4) is 0 Å². The van der Waals surface area contributed by atoms with Gasteiger partial charge in [-0.25, -0.2) is 14.4 Å². The van der Waals surface area contributed by atoms with Gasteiger partial charge in [0.05, 0.1) is 24.0 Å². The summed E-state index contributed by atoms with van der Waals surface area (Å²) >= 11 is 0. The minimum atomic E-state index is -0.254. The molecule has 3 nitrogen and oxygen atoms in total. The second-order valence-electron chi connectivity index (χ2n) is 4.48. The molecule has 0 unspecified atom stereocenters. The molecule has 3 rings (SSSR count). The Bertz CT molecular complexity index is 787. The van der Waals surface area contributed by atoms with Gasteiger partial charge in [0.1, 0.15) is 5.82 Å². The van der Waals surface area contributed by atoms with E-state index in [4.69, 9.17) is 4.74 Å². The molecule has 1 aromatic carbocycles. The highest BCUT2D eigenvalue weighted by molar-refractivity contribution is 5.83. The zero-order chi connectivity index (χ0) is 14.1. The van der Waals surface area contributed by atoms with E-state index in [1.54, 1.807) is 44.4 Å². The Labute approximate surface area is 116 Å².